The van der Waals surface area contributed by atoms with Gasteiger partial charge in [0, 0.05) is 38.3 Å². The van der Waals surface area contributed by atoms with Crippen molar-refractivity contribution >= 4 is 11.6 Å². The van der Waals surface area contributed by atoms with E-state index in [9.17, 15) is 4.79 Å². The molecule has 1 aliphatic rings. The molecular weight excluding hydrogens is 360 g/mol. The number of piperazine rings is 1. The second kappa shape index (κ2) is 9.28. The minimum absolute atomic E-state index is 0.0491. The molecule has 0 atom stereocenters. The van der Waals surface area contributed by atoms with Gasteiger partial charge >= 0.3 is 0 Å². The van der Waals surface area contributed by atoms with E-state index in [1.165, 1.54) is 11.3 Å². The number of ether oxygens (including phenoxy) is 1. The Morgan fingerprint density at radius 2 is 1.38 bits per heavy atom. The molecule has 1 amide bonds. The fourth-order valence-electron chi connectivity index (χ4n) is 3.67. The second-order valence-electron chi connectivity index (χ2n) is 7.20. The Labute approximate surface area is 172 Å². The lowest BCUT2D eigenvalue weighted by Crippen LogP contribution is -2.48. The Morgan fingerprint density at radius 1 is 0.759 bits per heavy atom. The van der Waals surface area contributed by atoms with Gasteiger partial charge in [0.05, 0.1) is 12.2 Å². The van der Waals surface area contributed by atoms with Crippen LogP contribution < -0.4 is 9.64 Å². The first-order valence-electron chi connectivity index (χ1n) is 10.2. The summed E-state index contributed by atoms with van der Waals surface area (Å²) < 4.78 is 5.99. The van der Waals surface area contributed by atoms with Crippen molar-refractivity contribution in [3.8, 4) is 5.75 Å². The first kappa shape index (κ1) is 19.1. The van der Waals surface area contributed by atoms with Crippen molar-refractivity contribution in [2.24, 2.45) is 0 Å². The molecule has 0 N–H and O–H groups in total. The molecule has 148 valence electrons. The summed E-state index contributed by atoms with van der Waals surface area (Å²) in [5.41, 5.74) is 3.09. The standard InChI is InChI=1S/C25H26N2O2/c28-25(27-18-16-26(17-19-27)22-11-5-2-6-12-22)23-13-7-8-14-24(23)29-20-15-21-9-3-1-4-10-21/h1-14H,15-20H2. The topological polar surface area (TPSA) is 32.8 Å². The quantitative estimate of drug-likeness (QED) is 0.634. The SMILES string of the molecule is O=C(c1ccccc1OCCc1ccccc1)N1CCN(c2ccccc2)CC1. The highest BCUT2D eigenvalue weighted by Gasteiger charge is 2.24. The Bertz CT molecular complexity index is 920. The number of carbonyl (C=O) groups excluding carboxylic acids is 1. The Morgan fingerprint density at radius 3 is 2.10 bits per heavy atom. The zero-order valence-electron chi connectivity index (χ0n) is 16.5. The van der Waals surface area contributed by atoms with Crippen molar-refractivity contribution in [1.29, 1.82) is 0 Å². The minimum Gasteiger partial charge on any atom is -0.492 e. The van der Waals surface area contributed by atoms with Crippen molar-refractivity contribution in [3.05, 3.63) is 96.1 Å². The van der Waals surface area contributed by atoms with E-state index in [0.717, 1.165) is 19.5 Å². The number of nitrogens with zero attached hydrogens (tertiary/aromatic N) is 2. The lowest BCUT2D eigenvalue weighted by Gasteiger charge is -2.36. The van der Waals surface area contributed by atoms with Crippen LogP contribution in [0.5, 0.6) is 5.75 Å². The van der Waals surface area contributed by atoms with Gasteiger partial charge in [-0.25, -0.2) is 0 Å². The highest BCUT2D eigenvalue weighted by Crippen LogP contribution is 2.22. The van der Waals surface area contributed by atoms with Gasteiger partial charge < -0.3 is 14.5 Å². The van der Waals surface area contributed by atoms with Crippen molar-refractivity contribution in [3.63, 3.8) is 0 Å². The third kappa shape index (κ3) is 4.77. The average Bonchev–Trinajstić information content (AvgIpc) is 2.80. The molecule has 0 radical (unpaired) electrons. The third-order valence-corrected chi connectivity index (χ3v) is 5.30. The summed E-state index contributed by atoms with van der Waals surface area (Å²) in [5.74, 6) is 0.715. The van der Waals surface area contributed by atoms with Crippen LogP contribution in [-0.2, 0) is 6.42 Å². The first-order valence-corrected chi connectivity index (χ1v) is 10.2. The van der Waals surface area contributed by atoms with E-state index in [4.69, 9.17) is 4.74 Å². The van der Waals surface area contributed by atoms with Gasteiger partial charge in [-0.3, -0.25) is 4.79 Å². The van der Waals surface area contributed by atoms with E-state index in [2.05, 4.69) is 41.3 Å². The molecule has 1 fully saturated rings. The molecule has 29 heavy (non-hydrogen) atoms. The van der Waals surface area contributed by atoms with E-state index < -0.39 is 0 Å². The molecule has 4 heteroatoms. The fraction of sp³-hybridized carbons (Fsp3) is 0.240. The lowest BCUT2D eigenvalue weighted by molar-refractivity contribution is 0.0742. The number of benzene rings is 3. The molecule has 0 aromatic heterocycles. The first-order chi connectivity index (χ1) is 14.3. The molecule has 0 unspecified atom stereocenters. The number of amides is 1. The number of para-hydroxylation sites is 2. The maximum Gasteiger partial charge on any atom is 0.257 e. The van der Waals surface area contributed by atoms with Crippen LogP contribution in [-0.4, -0.2) is 43.6 Å². The van der Waals surface area contributed by atoms with Crippen LogP contribution in [0.2, 0.25) is 0 Å². The Hall–Kier alpha value is -3.27. The highest BCUT2D eigenvalue weighted by atomic mass is 16.5. The average molecular weight is 386 g/mol. The van der Waals surface area contributed by atoms with E-state index in [1.807, 2.05) is 53.4 Å². The highest BCUT2D eigenvalue weighted by molar-refractivity contribution is 5.97. The fourth-order valence-corrected chi connectivity index (χ4v) is 3.67. The van der Waals surface area contributed by atoms with Gasteiger partial charge in [-0.05, 0) is 29.8 Å². The normalized spacial score (nSPS) is 13.9. The summed E-state index contributed by atoms with van der Waals surface area (Å²) in [4.78, 5) is 17.4. The van der Waals surface area contributed by atoms with Crippen LogP contribution in [0.1, 0.15) is 15.9 Å². The van der Waals surface area contributed by atoms with Gasteiger partial charge in [-0.15, -0.1) is 0 Å². The smallest absolute Gasteiger partial charge is 0.257 e. The summed E-state index contributed by atoms with van der Waals surface area (Å²) in [7, 11) is 0. The molecule has 1 aliphatic heterocycles. The van der Waals surface area contributed by atoms with Gasteiger partial charge in [-0.2, -0.15) is 0 Å². The summed E-state index contributed by atoms with van der Waals surface area (Å²) in [5, 5.41) is 0. The van der Waals surface area contributed by atoms with Crippen molar-refractivity contribution in [2.75, 3.05) is 37.7 Å². The number of hydrogen-bond acceptors (Lipinski definition) is 3. The van der Waals surface area contributed by atoms with E-state index >= 15 is 0 Å². The Kier molecular flexibility index (Phi) is 6.10. The van der Waals surface area contributed by atoms with E-state index in [1.54, 1.807) is 0 Å². The van der Waals surface area contributed by atoms with Crippen LogP contribution >= 0.6 is 0 Å². The number of anilines is 1. The molecule has 4 nitrogen and oxygen atoms in total. The monoisotopic (exact) mass is 386 g/mol. The molecule has 0 saturated carbocycles. The Balaban J connectivity index is 1.36. The minimum atomic E-state index is 0.0491. The second-order valence-corrected chi connectivity index (χ2v) is 7.20. The summed E-state index contributed by atoms with van der Waals surface area (Å²) in [6, 6.07) is 28.2. The number of hydrogen-bond donors (Lipinski definition) is 0. The molecule has 3 aromatic carbocycles. The maximum atomic E-state index is 13.1. The summed E-state index contributed by atoms with van der Waals surface area (Å²) in [6.45, 7) is 3.66. The van der Waals surface area contributed by atoms with Gasteiger partial charge in [0.15, 0.2) is 0 Å². The van der Waals surface area contributed by atoms with Crippen molar-refractivity contribution in [1.82, 2.24) is 4.90 Å². The van der Waals surface area contributed by atoms with Gasteiger partial charge in [0.2, 0.25) is 0 Å². The number of carbonyl (C=O) groups is 1. The predicted octanol–water partition coefficient (Wildman–Crippen LogP) is 4.27. The van der Waals surface area contributed by atoms with Gasteiger partial charge in [0.1, 0.15) is 5.75 Å². The van der Waals surface area contributed by atoms with Crippen LogP contribution in [0.3, 0.4) is 0 Å². The van der Waals surface area contributed by atoms with Gasteiger partial charge in [-0.1, -0.05) is 60.7 Å². The molecule has 1 saturated heterocycles. The molecule has 0 spiro atoms. The zero-order valence-corrected chi connectivity index (χ0v) is 16.5. The van der Waals surface area contributed by atoms with E-state index in [-0.39, 0.29) is 5.91 Å². The van der Waals surface area contributed by atoms with Crippen molar-refractivity contribution in [2.45, 2.75) is 6.42 Å². The molecule has 0 aliphatic carbocycles. The van der Waals surface area contributed by atoms with Gasteiger partial charge in [0.25, 0.3) is 5.91 Å². The molecule has 4 rings (SSSR count). The largest absolute Gasteiger partial charge is 0.492 e. The molecule has 3 aromatic rings. The van der Waals surface area contributed by atoms with Crippen LogP contribution in [0, 0.1) is 0 Å². The van der Waals surface area contributed by atoms with E-state index in [0.29, 0.717) is 31.0 Å². The maximum absolute atomic E-state index is 13.1. The van der Waals surface area contributed by atoms with Crippen LogP contribution in [0.15, 0.2) is 84.9 Å². The predicted molar refractivity (Wildman–Crippen MR) is 117 cm³/mol. The molecule has 1 heterocycles. The third-order valence-electron chi connectivity index (χ3n) is 5.30. The van der Waals surface area contributed by atoms with Crippen LogP contribution in [0.25, 0.3) is 0 Å². The van der Waals surface area contributed by atoms with Crippen molar-refractivity contribution < 1.29 is 9.53 Å². The lowest BCUT2D eigenvalue weighted by atomic mass is 10.1. The summed E-state index contributed by atoms with van der Waals surface area (Å²) in [6.07, 6.45) is 0.819. The zero-order chi connectivity index (χ0) is 19.9. The molecule has 0 bridgehead atoms. The molecular formula is C25H26N2O2. The number of rotatable bonds is 6. The van der Waals surface area contributed by atoms with Crippen LogP contribution in [0.4, 0.5) is 5.69 Å². The summed E-state index contributed by atoms with van der Waals surface area (Å²) >= 11 is 0.